The van der Waals surface area contributed by atoms with E-state index in [1.165, 1.54) is 18.2 Å². The Kier molecular flexibility index (Phi) is 7.13. The largest absolute Gasteiger partial charge is 0.493 e. The fourth-order valence-electron chi connectivity index (χ4n) is 4.25. The summed E-state index contributed by atoms with van der Waals surface area (Å²) in [5.41, 5.74) is 5.94. The Labute approximate surface area is 195 Å². The molecule has 0 saturated carbocycles. The minimum atomic E-state index is -0.373. The molecular formula is C27H31N3O3. The Hall–Kier alpha value is -3.54. The summed E-state index contributed by atoms with van der Waals surface area (Å²) in [6.07, 6.45) is 6.42. The number of pyridine rings is 1. The maximum atomic E-state index is 12.0. The maximum Gasteiger partial charge on any atom is 0.340 e. The number of rotatable bonds is 8. The van der Waals surface area contributed by atoms with Gasteiger partial charge in [0.2, 0.25) is 0 Å². The molecule has 1 aromatic heterocycles. The highest BCUT2D eigenvalue weighted by molar-refractivity contribution is 5.95. The third kappa shape index (κ3) is 5.11. The fourth-order valence-corrected chi connectivity index (χ4v) is 4.25. The molecular weight excluding hydrogens is 414 g/mol. The number of nitrogens with zero attached hydrogens (tertiary/aromatic N) is 2. The molecule has 0 saturated heterocycles. The van der Waals surface area contributed by atoms with Crippen LogP contribution in [0.3, 0.4) is 0 Å². The van der Waals surface area contributed by atoms with Gasteiger partial charge in [-0.2, -0.15) is 0 Å². The van der Waals surface area contributed by atoms with E-state index in [1.54, 1.807) is 18.5 Å². The highest BCUT2D eigenvalue weighted by atomic mass is 16.5. The fraction of sp³-hybridized carbons (Fsp3) is 0.333. The molecule has 0 fully saturated rings. The molecule has 1 atom stereocenters. The molecule has 1 aliphatic rings. The van der Waals surface area contributed by atoms with Gasteiger partial charge in [-0.15, -0.1) is 0 Å². The number of hydrogen-bond acceptors (Lipinski definition) is 6. The molecule has 3 aromatic rings. The lowest BCUT2D eigenvalue weighted by molar-refractivity contribution is 0.0601. The first-order valence-electron chi connectivity index (χ1n) is 11.5. The zero-order valence-corrected chi connectivity index (χ0v) is 19.5. The van der Waals surface area contributed by atoms with Crippen LogP contribution in [0.15, 0.2) is 60.9 Å². The summed E-state index contributed by atoms with van der Waals surface area (Å²) in [7, 11) is 3.46. The van der Waals surface area contributed by atoms with Crippen LogP contribution in [0.1, 0.15) is 47.2 Å². The molecule has 0 unspecified atom stereocenters. The van der Waals surface area contributed by atoms with Crippen LogP contribution < -0.4 is 15.0 Å². The second-order valence-electron chi connectivity index (χ2n) is 8.33. The standard InChI is InChI=1S/C27H31N3O3/c1-4-5-19-6-8-21(9-7-19)30(2)22-10-11-23-20(13-15-33-26(23)16-22)17-29-25-18-28-14-12-24(25)27(31)32-3/h6-12,14,16,18,20,29H,4-5,13,15,17H2,1-3H3/t20-/m0/s1. The molecule has 0 aliphatic carbocycles. The lowest BCUT2D eigenvalue weighted by Gasteiger charge is -2.28. The van der Waals surface area contributed by atoms with Crippen molar-refractivity contribution in [2.24, 2.45) is 0 Å². The molecule has 1 aliphatic heterocycles. The number of methoxy groups -OCH3 is 1. The zero-order chi connectivity index (χ0) is 23.2. The van der Waals surface area contributed by atoms with E-state index in [1.807, 2.05) is 0 Å². The van der Waals surface area contributed by atoms with Gasteiger partial charge in [0, 0.05) is 43.1 Å². The summed E-state index contributed by atoms with van der Waals surface area (Å²) in [4.78, 5) is 18.4. The van der Waals surface area contributed by atoms with Crippen LogP contribution in [0.5, 0.6) is 5.75 Å². The lowest BCUT2D eigenvalue weighted by atomic mass is 9.92. The number of carbonyl (C=O) groups is 1. The van der Waals surface area contributed by atoms with Gasteiger partial charge in [0.05, 0.1) is 31.2 Å². The minimum absolute atomic E-state index is 0.270. The lowest BCUT2D eigenvalue weighted by Crippen LogP contribution is -2.22. The van der Waals surface area contributed by atoms with Gasteiger partial charge in [0.1, 0.15) is 5.75 Å². The molecule has 6 heteroatoms. The molecule has 0 spiro atoms. The summed E-state index contributed by atoms with van der Waals surface area (Å²) in [5.74, 6) is 0.814. The van der Waals surface area contributed by atoms with Gasteiger partial charge in [-0.25, -0.2) is 4.79 Å². The van der Waals surface area contributed by atoms with Gasteiger partial charge in [0.15, 0.2) is 0 Å². The Balaban J connectivity index is 1.49. The van der Waals surface area contributed by atoms with Crippen LogP contribution in [0, 0.1) is 0 Å². The number of anilines is 3. The number of hydrogen-bond donors (Lipinski definition) is 1. The molecule has 2 heterocycles. The Morgan fingerprint density at radius 1 is 1.18 bits per heavy atom. The first-order valence-corrected chi connectivity index (χ1v) is 11.5. The number of esters is 1. The van der Waals surface area contributed by atoms with Crippen molar-refractivity contribution in [2.75, 3.05) is 37.5 Å². The summed E-state index contributed by atoms with van der Waals surface area (Å²) < 4.78 is 10.9. The summed E-state index contributed by atoms with van der Waals surface area (Å²) in [6.45, 7) is 3.54. The van der Waals surface area contributed by atoms with Crippen LogP contribution in [0.25, 0.3) is 0 Å². The van der Waals surface area contributed by atoms with Gasteiger partial charge in [-0.1, -0.05) is 31.5 Å². The molecule has 172 valence electrons. The zero-order valence-electron chi connectivity index (χ0n) is 19.5. The molecule has 0 bridgehead atoms. The Morgan fingerprint density at radius 3 is 2.73 bits per heavy atom. The van der Waals surface area contributed by atoms with E-state index in [0.717, 1.165) is 36.4 Å². The molecule has 0 radical (unpaired) electrons. The Morgan fingerprint density at radius 2 is 1.97 bits per heavy atom. The number of aromatic nitrogens is 1. The van der Waals surface area contributed by atoms with Gasteiger partial charge in [0.25, 0.3) is 0 Å². The van der Waals surface area contributed by atoms with Crippen molar-refractivity contribution < 1.29 is 14.3 Å². The summed E-state index contributed by atoms with van der Waals surface area (Å²) in [5, 5.41) is 3.39. The Bertz CT molecular complexity index is 1100. The van der Waals surface area contributed by atoms with Gasteiger partial charge in [-0.05, 0) is 48.2 Å². The monoisotopic (exact) mass is 445 g/mol. The highest BCUT2D eigenvalue weighted by Gasteiger charge is 2.23. The van der Waals surface area contributed by atoms with E-state index in [-0.39, 0.29) is 11.9 Å². The number of fused-ring (bicyclic) bond motifs is 1. The number of nitrogens with one attached hydrogen (secondary N) is 1. The quantitative estimate of drug-likeness (QED) is 0.458. The third-order valence-corrected chi connectivity index (χ3v) is 6.18. The molecule has 2 aromatic carbocycles. The maximum absolute atomic E-state index is 12.0. The molecule has 0 amide bonds. The smallest absolute Gasteiger partial charge is 0.340 e. The van der Waals surface area contributed by atoms with E-state index in [2.05, 4.69) is 71.6 Å². The number of ether oxygens (including phenoxy) is 2. The number of aryl methyl sites for hydroxylation is 1. The normalized spacial score (nSPS) is 14.7. The third-order valence-electron chi connectivity index (χ3n) is 6.18. The van der Waals surface area contributed by atoms with Gasteiger partial charge < -0.3 is 19.7 Å². The van der Waals surface area contributed by atoms with E-state index < -0.39 is 0 Å². The van der Waals surface area contributed by atoms with E-state index >= 15 is 0 Å². The highest BCUT2D eigenvalue weighted by Crippen LogP contribution is 2.38. The summed E-state index contributed by atoms with van der Waals surface area (Å²) >= 11 is 0. The van der Waals surface area contributed by atoms with E-state index in [9.17, 15) is 4.79 Å². The van der Waals surface area contributed by atoms with Crippen LogP contribution in [0.2, 0.25) is 0 Å². The first-order chi connectivity index (χ1) is 16.1. The van der Waals surface area contributed by atoms with Crippen molar-refractivity contribution in [1.82, 2.24) is 4.98 Å². The summed E-state index contributed by atoms with van der Waals surface area (Å²) in [6, 6.07) is 16.8. The van der Waals surface area contributed by atoms with Crippen LogP contribution >= 0.6 is 0 Å². The van der Waals surface area contributed by atoms with Crippen molar-refractivity contribution in [3.05, 3.63) is 77.6 Å². The predicted molar refractivity (Wildman–Crippen MR) is 132 cm³/mol. The number of carbonyl (C=O) groups excluding carboxylic acids is 1. The topological polar surface area (TPSA) is 63.7 Å². The second kappa shape index (κ2) is 10.4. The minimum Gasteiger partial charge on any atom is -0.493 e. The van der Waals surface area contributed by atoms with Gasteiger partial charge >= 0.3 is 5.97 Å². The van der Waals surface area contributed by atoms with E-state index in [4.69, 9.17) is 9.47 Å². The van der Waals surface area contributed by atoms with Crippen LogP contribution in [-0.4, -0.2) is 38.3 Å². The van der Waals surface area contributed by atoms with Crippen LogP contribution in [0.4, 0.5) is 17.1 Å². The van der Waals surface area contributed by atoms with Crippen molar-refractivity contribution in [2.45, 2.75) is 32.1 Å². The van der Waals surface area contributed by atoms with Crippen molar-refractivity contribution in [3.63, 3.8) is 0 Å². The van der Waals surface area contributed by atoms with Crippen LogP contribution in [-0.2, 0) is 11.2 Å². The van der Waals surface area contributed by atoms with Crippen molar-refractivity contribution >= 4 is 23.0 Å². The van der Waals surface area contributed by atoms with E-state index in [0.29, 0.717) is 24.4 Å². The molecule has 1 N–H and O–H groups in total. The average Bonchev–Trinajstić information content (AvgIpc) is 2.87. The molecule has 33 heavy (non-hydrogen) atoms. The van der Waals surface area contributed by atoms with Gasteiger partial charge in [-0.3, -0.25) is 4.98 Å². The second-order valence-corrected chi connectivity index (χ2v) is 8.33. The predicted octanol–water partition coefficient (Wildman–Crippen LogP) is 5.57. The average molecular weight is 446 g/mol. The molecule has 6 nitrogen and oxygen atoms in total. The van der Waals surface area contributed by atoms with Crippen molar-refractivity contribution in [1.29, 1.82) is 0 Å². The van der Waals surface area contributed by atoms with Crippen molar-refractivity contribution in [3.8, 4) is 5.75 Å². The molecule has 4 rings (SSSR count). The SMILES string of the molecule is CCCc1ccc(N(C)c2ccc3c(c2)OCC[C@H]3CNc2cnccc2C(=O)OC)cc1. The first kappa shape index (κ1) is 22.6. The number of benzene rings is 2.